The van der Waals surface area contributed by atoms with E-state index in [4.69, 9.17) is 23.2 Å². The van der Waals surface area contributed by atoms with Crippen LogP contribution in [0, 0.1) is 5.82 Å². The average Bonchev–Trinajstić information content (AvgIpc) is 2.96. The number of rotatable bonds is 3. The van der Waals surface area contributed by atoms with Gasteiger partial charge in [-0.25, -0.2) is 9.37 Å². The van der Waals surface area contributed by atoms with Crippen LogP contribution in [0.25, 0.3) is 11.0 Å². The van der Waals surface area contributed by atoms with E-state index in [0.29, 0.717) is 23.4 Å². The number of fused-ring (bicyclic) bond motifs is 1. The molecule has 0 aliphatic carbocycles. The number of alkyl halides is 1. The quantitative estimate of drug-likeness (QED) is 0.541. The number of thiophene rings is 1. The lowest BCUT2D eigenvalue weighted by Crippen LogP contribution is -2.03. The average molecular weight is 394 g/mol. The fourth-order valence-electron chi connectivity index (χ4n) is 2.03. The van der Waals surface area contributed by atoms with E-state index in [1.165, 1.54) is 12.1 Å². The van der Waals surface area contributed by atoms with Gasteiger partial charge in [-0.3, -0.25) is 0 Å². The second-order valence-corrected chi connectivity index (χ2v) is 6.72. The van der Waals surface area contributed by atoms with Gasteiger partial charge >= 0.3 is 0 Å². The first-order chi connectivity index (χ1) is 9.60. The molecule has 104 valence electrons. The largest absolute Gasteiger partial charge is 0.322 e. The van der Waals surface area contributed by atoms with Crippen molar-refractivity contribution in [3.05, 3.63) is 49.6 Å². The van der Waals surface area contributed by atoms with Gasteiger partial charge in [0.15, 0.2) is 0 Å². The van der Waals surface area contributed by atoms with Gasteiger partial charge in [0, 0.05) is 15.4 Å². The monoisotopic (exact) mass is 392 g/mol. The summed E-state index contributed by atoms with van der Waals surface area (Å²) in [6, 6.07) is 4.92. The number of halogens is 4. The molecule has 0 radical (unpaired) electrons. The van der Waals surface area contributed by atoms with E-state index in [1.807, 2.05) is 16.0 Å². The Morgan fingerprint density at radius 1 is 1.40 bits per heavy atom. The molecule has 0 spiro atoms. The zero-order valence-electron chi connectivity index (χ0n) is 10.0. The van der Waals surface area contributed by atoms with Crippen LogP contribution in [0.5, 0.6) is 0 Å². The maximum atomic E-state index is 13.7. The molecule has 2 nitrogen and oxygen atoms in total. The van der Waals surface area contributed by atoms with Gasteiger partial charge < -0.3 is 4.57 Å². The summed E-state index contributed by atoms with van der Waals surface area (Å²) in [6.45, 7) is 0.595. The van der Waals surface area contributed by atoms with Crippen LogP contribution in [-0.4, -0.2) is 9.55 Å². The van der Waals surface area contributed by atoms with Gasteiger partial charge in [-0.15, -0.1) is 22.9 Å². The van der Waals surface area contributed by atoms with Crippen molar-refractivity contribution in [1.82, 2.24) is 9.55 Å². The molecule has 0 fully saturated rings. The van der Waals surface area contributed by atoms with Crippen molar-refractivity contribution in [2.75, 3.05) is 0 Å². The highest BCUT2D eigenvalue weighted by molar-refractivity contribution is 9.10. The molecule has 0 bridgehead atoms. The summed E-state index contributed by atoms with van der Waals surface area (Å²) in [5, 5.41) is 2.07. The molecule has 0 unspecified atom stereocenters. The molecule has 3 aromatic rings. The van der Waals surface area contributed by atoms with E-state index < -0.39 is 5.82 Å². The van der Waals surface area contributed by atoms with Gasteiger partial charge in [0.2, 0.25) is 0 Å². The van der Waals surface area contributed by atoms with E-state index >= 15 is 0 Å². The first-order valence-electron chi connectivity index (χ1n) is 5.72. The molecular formula is C13H8BrCl2FN2S. The molecule has 20 heavy (non-hydrogen) atoms. The second kappa shape index (κ2) is 5.64. The lowest BCUT2D eigenvalue weighted by Gasteiger charge is -2.07. The molecule has 0 N–H and O–H groups in total. The minimum atomic E-state index is -0.452. The lowest BCUT2D eigenvalue weighted by molar-refractivity contribution is 0.628. The zero-order valence-corrected chi connectivity index (χ0v) is 14.0. The van der Waals surface area contributed by atoms with Crippen LogP contribution in [-0.2, 0) is 12.4 Å². The predicted octanol–water partition coefficient (Wildman–Crippen LogP) is 5.44. The summed E-state index contributed by atoms with van der Waals surface area (Å²) in [7, 11) is 0. The summed E-state index contributed by atoms with van der Waals surface area (Å²) in [6.07, 6.45) is 0. The highest BCUT2D eigenvalue weighted by Crippen LogP contribution is 2.28. The van der Waals surface area contributed by atoms with E-state index in [-0.39, 0.29) is 10.9 Å². The van der Waals surface area contributed by atoms with Gasteiger partial charge in [0.25, 0.3) is 0 Å². The van der Waals surface area contributed by atoms with Crippen LogP contribution in [0.3, 0.4) is 0 Å². The Kier molecular flexibility index (Phi) is 4.04. The number of hydrogen-bond donors (Lipinski definition) is 0. The van der Waals surface area contributed by atoms with Crippen molar-refractivity contribution in [1.29, 1.82) is 0 Å². The summed E-state index contributed by atoms with van der Waals surface area (Å²) < 4.78 is 16.6. The summed E-state index contributed by atoms with van der Waals surface area (Å²) >= 11 is 16.9. The fraction of sp³-hybridized carbons (Fsp3) is 0.154. The minimum Gasteiger partial charge on any atom is -0.322 e. The maximum absolute atomic E-state index is 13.7. The van der Waals surface area contributed by atoms with Crippen LogP contribution in [0.15, 0.2) is 28.1 Å². The molecule has 1 aromatic carbocycles. The predicted molar refractivity (Wildman–Crippen MR) is 85.4 cm³/mol. The fourth-order valence-corrected chi connectivity index (χ4v) is 3.86. The molecule has 7 heteroatoms. The van der Waals surface area contributed by atoms with Crippen LogP contribution in [0.2, 0.25) is 5.02 Å². The highest BCUT2D eigenvalue weighted by Gasteiger charge is 2.14. The molecule has 0 aliphatic rings. The lowest BCUT2D eigenvalue weighted by atomic mass is 10.3. The number of benzene rings is 1. The molecule has 2 heterocycles. The maximum Gasteiger partial charge on any atom is 0.144 e. The highest BCUT2D eigenvalue weighted by atomic mass is 79.9. The van der Waals surface area contributed by atoms with Crippen molar-refractivity contribution in [2.45, 2.75) is 12.4 Å². The van der Waals surface area contributed by atoms with Crippen molar-refractivity contribution in [3.63, 3.8) is 0 Å². The summed E-state index contributed by atoms with van der Waals surface area (Å²) in [5.74, 6) is 0.506. The third kappa shape index (κ3) is 2.48. The van der Waals surface area contributed by atoms with Crippen LogP contribution < -0.4 is 0 Å². The molecular weight excluding hydrogens is 386 g/mol. The first-order valence-corrected chi connectivity index (χ1v) is 8.30. The first kappa shape index (κ1) is 14.3. The standard InChI is InChI=1S/C13H8BrCl2FN2S/c14-7-1-2-20-12(7)6-19-11-4-9(17)8(16)3-10(11)18-13(19)5-15/h1-4H,5-6H2. The molecule has 2 aromatic heterocycles. The van der Waals surface area contributed by atoms with E-state index in [9.17, 15) is 4.39 Å². The van der Waals surface area contributed by atoms with Crippen molar-refractivity contribution >= 4 is 61.5 Å². The Balaban J connectivity index is 2.17. The molecule has 0 amide bonds. The van der Waals surface area contributed by atoms with Crippen molar-refractivity contribution in [3.8, 4) is 0 Å². The van der Waals surface area contributed by atoms with Gasteiger partial charge in [-0.2, -0.15) is 0 Å². The normalized spacial score (nSPS) is 11.4. The third-order valence-electron chi connectivity index (χ3n) is 2.98. The Morgan fingerprint density at radius 3 is 2.85 bits per heavy atom. The van der Waals surface area contributed by atoms with Gasteiger partial charge in [0.1, 0.15) is 11.6 Å². The number of hydrogen-bond acceptors (Lipinski definition) is 2. The SMILES string of the molecule is Fc1cc2c(cc1Cl)nc(CCl)n2Cc1sccc1Br. The summed E-state index contributed by atoms with van der Waals surface area (Å²) in [4.78, 5) is 5.54. The van der Waals surface area contributed by atoms with E-state index in [0.717, 1.165) is 9.35 Å². The Bertz CT molecular complexity index is 784. The zero-order chi connectivity index (χ0) is 14.3. The van der Waals surface area contributed by atoms with E-state index in [1.54, 1.807) is 11.3 Å². The second-order valence-electron chi connectivity index (χ2n) is 4.19. The molecule has 0 saturated heterocycles. The van der Waals surface area contributed by atoms with Crippen molar-refractivity contribution in [2.24, 2.45) is 0 Å². The number of aromatic nitrogens is 2. The van der Waals surface area contributed by atoms with Gasteiger partial charge in [-0.1, -0.05) is 11.6 Å². The number of imidazole rings is 1. The van der Waals surface area contributed by atoms with Crippen LogP contribution in [0.1, 0.15) is 10.7 Å². The van der Waals surface area contributed by atoms with Gasteiger partial charge in [-0.05, 0) is 33.4 Å². The van der Waals surface area contributed by atoms with Gasteiger partial charge in [0.05, 0.1) is 28.5 Å². The molecule has 3 rings (SSSR count). The Labute approximate surface area is 137 Å². The minimum absolute atomic E-state index is 0.0700. The molecule has 0 atom stereocenters. The summed E-state index contributed by atoms with van der Waals surface area (Å²) in [5.41, 5.74) is 1.35. The van der Waals surface area contributed by atoms with Crippen LogP contribution in [0.4, 0.5) is 4.39 Å². The molecule has 0 aliphatic heterocycles. The Morgan fingerprint density at radius 2 is 2.20 bits per heavy atom. The van der Waals surface area contributed by atoms with Crippen molar-refractivity contribution < 1.29 is 4.39 Å². The van der Waals surface area contributed by atoms with Crippen LogP contribution >= 0.6 is 50.5 Å². The Hall–Kier alpha value is -0.620. The van der Waals surface area contributed by atoms with E-state index in [2.05, 4.69) is 20.9 Å². The smallest absolute Gasteiger partial charge is 0.144 e. The molecule has 0 saturated carbocycles. The third-order valence-corrected chi connectivity index (χ3v) is 5.42. The number of nitrogens with zero attached hydrogens (tertiary/aromatic N) is 2. The topological polar surface area (TPSA) is 17.8 Å².